The van der Waals surface area contributed by atoms with Crippen LogP contribution in [0.25, 0.3) is 0 Å². The van der Waals surface area contributed by atoms with Gasteiger partial charge in [0.05, 0.1) is 11.1 Å². The molecule has 0 radical (unpaired) electrons. The van der Waals surface area contributed by atoms with Crippen LogP contribution in [0, 0.1) is 0 Å². The predicted octanol–water partition coefficient (Wildman–Crippen LogP) is 3.58. The lowest BCUT2D eigenvalue weighted by atomic mass is 9.81. The van der Waals surface area contributed by atoms with Gasteiger partial charge in [-0.3, -0.25) is 4.98 Å². The van der Waals surface area contributed by atoms with Gasteiger partial charge < -0.3 is 5.32 Å². The molecule has 0 saturated heterocycles. The fourth-order valence-corrected chi connectivity index (χ4v) is 2.79. The van der Waals surface area contributed by atoms with Crippen molar-refractivity contribution in [1.82, 2.24) is 4.98 Å². The molecular weight excluding hydrogens is 276 g/mol. The summed E-state index contributed by atoms with van der Waals surface area (Å²) in [6, 6.07) is 12.5. The molecule has 0 amide bonds. The van der Waals surface area contributed by atoms with E-state index in [4.69, 9.17) is 0 Å². The maximum atomic E-state index is 4.50. The number of nitrogens with zero attached hydrogens (tertiary/aromatic N) is 1. The van der Waals surface area contributed by atoms with Crippen LogP contribution >= 0.6 is 15.9 Å². The Balaban J connectivity index is 2.14. The number of nitrogens with one attached hydrogen (secondary N) is 1. The molecule has 0 spiro atoms. The third-order valence-corrected chi connectivity index (χ3v) is 3.93. The standard InChI is InChI=1S/C14H13BrN2/c1-14(13-4-2-3-7-16-13)9-17-12-8-10(15)5-6-11(12)14/h2-8,17H,9H2,1H3. The second-order valence-electron chi connectivity index (χ2n) is 4.59. The van der Waals surface area contributed by atoms with Gasteiger partial charge in [-0.25, -0.2) is 0 Å². The molecule has 1 atom stereocenters. The Kier molecular flexibility index (Phi) is 2.44. The Morgan fingerprint density at radius 3 is 2.94 bits per heavy atom. The van der Waals surface area contributed by atoms with Gasteiger partial charge in [0.15, 0.2) is 0 Å². The van der Waals surface area contributed by atoms with Crippen LogP contribution in [-0.2, 0) is 5.41 Å². The largest absolute Gasteiger partial charge is 0.383 e. The lowest BCUT2D eigenvalue weighted by Gasteiger charge is -2.23. The van der Waals surface area contributed by atoms with Crippen LogP contribution in [0.15, 0.2) is 47.1 Å². The molecule has 2 heterocycles. The Morgan fingerprint density at radius 2 is 2.18 bits per heavy atom. The molecule has 0 saturated carbocycles. The van der Waals surface area contributed by atoms with E-state index < -0.39 is 0 Å². The Morgan fingerprint density at radius 1 is 1.29 bits per heavy atom. The number of benzene rings is 1. The lowest BCUT2D eigenvalue weighted by molar-refractivity contribution is 0.612. The van der Waals surface area contributed by atoms with E-state index in [1.807, 2.05) is 18.3 Å². The van der Waals surface area contributed by atoms with Gasteiger partial charge in [0.25, 0.3) is 0 Å². The van der Waals surface area contributed by atoms with Crippen molar-refractivity contribution in [2.45, 2.75) is 12.3 Å². The van der Waals surface area contributed by atoms with Gasteiger partial charge in [0, 0.05) is 22.9 Å². The topological polar surface area (TPSA) is 24.9 Å². The first-order valence-corrected chi connectivity index (χ1v) is 6.45. The van der Waals surface area contributed by atoms with Gasteiger partial charge in [-0.05, 0) is 36.8 Å². The smallest absolute Gasteiger partial charge is 0.0539 e. The minimum absolute atomic E-state index is 0.0305. The van der Waals surface area contributed by atoms with E-state index >= 15 is 0 Å². The molecular formula is C14H13BrN2. The SMILES string of the molecule is CC1(c2ccccn2)CNc2cc(Br)ccc21. The zero-order chi connectivity index (χ0) is 11.9. The molecule has 1 aromatic carbocycles. The van der Waals surface area contributed by atoms with Crippen LogP contribution in [0.1, 0.15) is 18.2 Å². The van der Waals surface area contributed by atoms with Crippen LogP contribution in [0.2, 0.25) is 0 Å². The van der Waals surface area contributed by atoms with Crippen LogP contribution < -0.4 is 5.32 Å². The lowest BCUT2D eigenvalue weighted by Crippen LogP contribution is -2.26. The first kappa shape index (κ1) is 10.8. The summed E-state index contributed by atoms with van der Waals surface area (Å²) in [5, 5.41) is 3.46. The first-order valence-electron chi connectivity index (χ1n) is 5.65. The van der Waals surface area contributed by atoms with E-state index in [-0.39, 0.29) is 5.41 Å². The Bertz CT molecular complexity index is 553. The minimum atomic E-state index is -0.0305. The molecule has 3 rings (SSSR count). The van der Waals surface area contributed by atoms with Gasteiger partial charge in [0.2, 0.25) is 0 Å². The number of fused-ring (bicyclic) bond motifs is 1. The molecule has 17 heavy (non-hydrogen) atoms. The maximum Gasteiger partial charge on any atom is 0.0539 e. The number of hydrogen-bond donors (Lipinski definition) is 1. The van der Waals surface area contributed by atoms with Crippen molar-refractivity contribution >= 4 is 21.6 Å². The molecule has 1 aromatic heterocycles. The second-order valence-corrected chi connectivity index (χ2v) is 5.51. The second kappa shape index (κ2) is 3.84. The highest BCUT2D eigenvalue weighted by Gasteiger charge is 2.36. The van der Waals surface area contributed by atoms with Crippen molar-refractivity contribution in [3.05, 3.63) is 58.3 Å². The summed E-state index contributed by atoms with van der Waals surface area (Å²) >= 11 is 3.50. The van der Waals surface area contributed by atoms with Crippen LogP contribution in [0.3, 0.4) is 0 Å². The summed E-state index contributed by atoms with van der Waals surface area (Å²) < 4.78 is 1.11. The number of rotatable bonds is 1. The molecule has 86 valence electrons. The van der Waals surface area contributed by atoms with Crippen LogP contribution in [-0.4, -0.2) is 11.5 Å². The van der Waals surface area contributed by atoms with E-state index in [1.54, 1.807) is 0 Å². The Hall–Kier alpha value is -1.35. The van der Waals surface area contributed by atoms with Gasteiger partial charge >= 0.3 is 0 Å². The highest BCUT2D eigenvalue weighted by atomic mass is 79.9. The van der Waals surface area contributed by atoms with Crippen LogP contribution in [0.5, 0.6) is 0 Å². The fourth-order valence-electron chi connectivity index (χ4n) is 2.43. The van der Waals surface area contributed by atoms with E-state index in [0.717, 1.165) is 16.7 Å². The third kappa shape index (κ3) is 1.65. The van der Waals surface area contributed by atoms with E-state index in [9.17, 15) is 0 Å². The summed E-state index contributed by atoms with van der Waals surface area (Å²) in [5.41, 5.74) is 3.61. The van der Waals surface area contributed by atoms with Crippen molar-refractivity contribution in [2.75, 3.05) is 11.9 Å². The summed E-state index contributed by atoms with van der Waals surface area (Å²) in [6.07, 6.45) is 1.86. The van der Waals surface area contributed by atoms with Gasteiger partial charge in [-0.2, -0.15) is 0 Å². The minimum Gasteiger partial charge on any atom is -0.383 e. The average molecular weight is 289 g/mol. The van der Waals surface area contributed by atoms with E-state index in [2.05, 4.69) is 57.4 Å². The predicted molar refractivity (Wildman–Crippen MR) is 73.3 cm³/mol. The highest BCUT2D eigenvalue weighted by Crippen LogP contribution is 2.41. The number of halogens is 1. The van der Waals surface area contributed by atoms with E-state index in [0.29, 0.717) is 0 Å². The summed E-state index contributed by atoms with van der Waals surface area (Å²) in [6.45, 7) is 3.14. The zero-order valence-electron chi connectivity index (χ0n) is 9.57. The molecule has 0 aliphatic carbocycles. The van der Waals surface area contributed by atoms with Crippen LogP contribution in [0.4, 0.5) is 5.69 Å². The maximum absolute atomic E-state index is 4.50. The molecule has 1 N–H and O–H groups in total. The van der Waals surface area contributed by atoms with Gasteiger partial charge in [-0.1, -0.05) is 28.1 Å². The van der Waals surface area contributed by atoms with E-state index in [1.165, 1.54) is 11.3 Å². The average Bonchev–Trinajstić information content (AvgIpc) is 2.69. The normalized spacial score (nSPS) is 22.0. The molecule has 0 fully saturated rings. The Labute approximate surface area is 109 Å². The molecule has 2 aromatic rings. The number of anilines is 1. The summed E-state index contributed by atoms with van der Waals surface area (Å²) in [5.74, 6) is 0. The van der Waals surface area contributed by atoms with Crippen molar-refractivity contribution < 1.29 is 0 Å². The van der Waals surface area contributed by atoms with Crippen molar-refractivity contribution in [3.8, 4) is 0 Å². The quantitative estimate of drug-likeness (QED) is 0.868. The summed E-state index contributed by atoms with van der Waals surface area (Å²) in [4.78, 5) is 4.50. The molecule has 1 unspecified atom stereocenters. The first-order chi connectivity index (χ1) is 8.20. The highest BCUT2D eigenvalue weighted by molar-refractivity contribution is 9.10. The molecule has 1 aliphatic heterocycles. The van der Waals surface area contributed by atoms with Gasteiger partial charge in [0.1, 0.15) is 0 Å². The molecule has 2 nitrogen and oxygen atoms in total. The van der Waals surface area contributed by atoms with Crippen molar-refractivity contribution in [1.29, 1.82) is 0 Å². The monoisotopic (exact) mass is 288 g/mol. The summed E-state index contributed by atoms with van der Waals surface area (Å²) in [7, 11) is 0. The van der Waals surface area contributed by atoms with Gasteiger partial charge in [-0.15, -0.1) is 0 Å². The number of aromatic nitrogens is 1. The molecule has 0 bridgehead atoms. The van der Waals surface area contributed by atoms with Crippen molar-refractivity contribution in [2.24, 2.45) is 0 Å². The fraction of sp³-hybridized carbons (Fsp3) is 0.214. The number of pyridine rings is 1. The zero-order valence-corrected chi connectivity index (χ0v) is 11.2. The van der Waals surface area contributed by atoms with Crippen molar-refractivity contribution in [3.63, 3.8) is 0 Å². The molecule has 1 aliphatic rings. The third-order valence-electron chi connectivity index (χ3n) is 3.44. The number of hydrogen-bond acceptors (Lipinski definition) is 2. The molecule has 3 heteroatoms.